The number of nitrogens with one attached hydrogen (secondary N) is 8. The standard InChI is InChI=1S/C74H103N19O10/c1-5-44(4)61(76)69(100)91-59(41-46-28-31-49-18-7-10-21-52(49)38-46)66(97)88-56(26-16-36-85-74(81)82)65(96)93-62(43(2)3)70(101)92-60(42-47-29-32-50-19-8-11-22-53(50)39-47)67(98)87-54(24-14-34-83-72(77)78)63(94)86-55(25-15-35-84-73(79)80)64(95)90-58(68(99)89-57(71(102)103)23-12-13-33-75)40-45-27-30-48-17-6-9-20-51(48)37-45/h6-11,17-22,27-32,37-39,43-44,54-62H,5,12-16,23-26,33-36,40-42,75-76H2,1-4H3,(H,86,94)(H,87,98)(H,88,97)(H,89,99)(H,90,95)(H,91,100)(H,92,101)(H,93,96)(H,102,103)(H4,77,78,83)(H4,79,80,84)(H4,81,82,85)/t44-,54-,55-,56-,57-,58-,59-,60-,61-,62-/m0/s1. The molecule has 6 rings (SSSR count). The molecule has 6 aromatic rings. The van der Waals surface area contributed by atoms with Gasteiger partial charge < -0.3 is 93.5 Å². The van der Waals surface area contributed by atoms with E-state index in [0.717, 1.165) is 32.3 Å². The monoisotopic (exact) mass is 1420 g/mol. The number of carboxylic acid groups (broad SMARTS) is 1. The van der Waals surface area contributed by atoms with Gasteiger partial charge in [0.2, 0.25) is 47.3 Å². The highest BCUT2D eigenvalue weighted by Gasteiger charge is 2.37. The minimum atomic E-state index is -1.48. The van der Waals surface area contributed by atoms with Crippen LogP contribution in [0.15, 0.2) is 142 Å². The molecule has 0 unspecified atom stereocenters. The van der Waals surface area contributed by atoms with Crippen LogP contribution < -0.4 is 88.4 Å². The Hall–Kier alpha value is -10.9. The molecule has 0 heterocycles. The first kappa shape index (κ1) is 81.0. The number of carbonyl (C=O) groups is 9. The molecule has 0 bridgehead atoms. The van der Waals surface area contributed by atoms with Crippen molar-refractivity contribution in [3.63, 3.8) is 0 Å². The molecule has 0 aliphatic carbocycles. The second-order valence-electron chi connectivity index (χ2n) is 26.2. The normalized spacial score (nSPS) is 14.1. The molecule has 0 aliphatic heterocycles. The Balaban J connectivity index is 1.32. The summed E-state index contributed by atoms with van der Waals surface area (Å²) in [6.07, 6.45) is 1.32. The smallest absolute Gasteiger partial charge is 0.326 e. The lowest BCUT2D eigenvalue weighted by atomic mass is 9.97. The fourth-order valence-electron chi connectivity index (χ4n) is 11.7. The number of fused-ring (bicyclic) bond motifs is 3. The van der Waals surface area contributed by atoms with Gasteiger partial charge in [-0.3, -0.25) is 53.3 Å². The predicted molar refractivity (Wildman–Crippen MR) is 401 cm³/mol. The average molecular weight is 1420 g/mol. The number of guanidine groups is 3. The molecule has 29 heteroatoms. The molecule has 554 valence electrons. The number of nitrogens with zero attached hydrogens (tertiary/aromatic N) is 3. The van der Waals surface area contributed by atoms with E-state index in [-0.39, 0.29) is 108 Å². The number of rotatable bonds is 42. The van der Waals surface area contributed by atoms with E-state index in [1.807, 2.05) is 129 Å². The van der Waals surface area contributed by atoms with Crippen molar-refractivity contribution in [2.24, 2.45) is 72.7 Å². The molecule has 0 aromatic heterocycles. The van der Waals surface area contributed by atoms with Gasteiger partial charge in [-0.15, -0.1) is 0 Å². The molecule has 6 aromatic carbocycles. The van der Waals surface area contributed by atoms with Gasteiger partial charge >= 0.3 is 5.97 Å². The number of aliphatic imine (C=N–C) groups is 3. The second-order valence-corrected chi connectivity index (χ2v) is 26.2. The van der Waals surface area contributed by atoms with Crippen LogP contribution in [0.1, 0.15) is 109 Å². The van der Waals surface area contributed by atoms with E-state index < -0.39 is 114 Å². The number of benzene rings is 6. The van der Waals surface area contributed by atoms with Crippen molar-refractivity contribution in [3.05, 3.63) is 144 Å². The van der Waals surface area contributed by atoms with E-state index >= 15 is 14.4 Å². The van der Waals surface area contributed by atoms with Gasteiger partial charge in [-0.25, -0.2) is 4.79 Å². The lowest BCUT2D eigenvalue weighted by Gasteiger charge is -2.29. The maximum atomic E-state index is 15.3. The lowest BCUT2D eigenvalue weighted by Crippen LogP contribution is -2.61. The van der Waals surface area contributed by atoms with E-state index in [1.54, 1.807) is 26.0 Å². The van der Waals surface area contributed by atoms with Crippen molar-refractivity contribution < 1.29 is 48.3 Å². The van der Waals surface area contributed by atoms with Crippen LogP contribution in [0.4, 0.5) is 0 Å². The average Bonchev–Trinajstić information content (AvgIpc) is 0.840. The molecule has 0 aliphatic rings. The van der Waals surface area contributed by atoms with Crippen molar-refractivity contribution in [1.29, 1.82) is 0 Å². The molecule has 25 N–H and O–H groups in total. The summed E-state index contributed by atoms with van der Waals surface area (Å²) in [5.74, 6) is -9.23. The van der Waals surface area contributed by atoms with Crippen LogP contribution in [0, 0.1) is 11.8 Å². The Morgan fingerprint density at radius 2 is 0.680 bits per heavy atom. The third-order valence-electron chi connectivity index (χ3n) is 17.8. The minimum absolute atomic E-state index is 0.00552. The van der Waals surface area contributed by atoms with Gasteiger partial charge in [0.25, 0.3) is 0 Å². The summed E-state index contributed by atoms with van der Waals surface area (Å²) in [5.41, 5.74) is 48.0. The maximum Gasteiger partial charge on any atom is 0.326 e. The van der Waals surface area contributed by atoms with Crippen molar-refractivity contribution in [1.82, 2.24) is 42.5 Å². The number of hydrogen-bond donors (Lipinski definition) is 17. The van der Waals surface area contributed by atoms with Crippen molar-refractivity contribution >= 4 is 103 Å². The zero-order valence-corrected chi connectivity index (χ0v) is 59.1. The fraction of sp³-hybridized carbons (Fsp3) is 0.432. The first-order valence-corrected chi connectivity index (χ1v) is 34.9. The highest BCUT2D eigenvalue weighted by molar-refractivity contribution is 5.99. The van der Waals surface area contributed by atoms with Gasteiger partial charge in [0.15, 0.2) is 17.9 Å². The summed E-state index contributed by atoms with van der Waals surface area (Å²) in [6.45, 7) is 7.41. The number of aliphatic carboxylic acids is 1. The Bertz CT molecular complexity index is 3970. The van der Waals surface area contributed by atoms with Crippen LogP contribution >= 0.6 is 0 Å². The maximum absolute atomic E-state index is 15.3. The topological polar surface area (TPSA) is 515 Å². The lowest BCUT2D eigenvalue weighted by molar-refractivity contribution is -0.142. The van der Waals surface area contributed by atoms with Crippen LogP contribution in [0.3, 0.4) is 0 Å². The molecule has 0 fully saturated rings. The highest BCUT2D eigenvalue weighted by Crippen LogP contribution is 2.22. The minimum Gasteiger partial charge on any atom is -0.480 e. The third kappa shape index (κ3) is 26.5. The van der Waals surface area contributed by atoms with Crippen LogP contribution in [0.25, 0.3) is 32.3 Å². The van der Waals surface area contributed by atoms with E-state index in [0.29, 0.717) is 42.5 Å². The zero-order valence-electron chi connectivity index (χ0n) is 59.1. The highest BCUT2D eigenvalue weighted by atomic mass is 16.4. The Kier molecular flexibility index (Phi) is 32.3. The number of hydrogen-bond acceptors (Lipinski definition) is 14. The second kappa shape index (κ2) is 41.1. The fourth-order valence-corrected chi connectivity index (χ4v) is 11.7. The largest absolute Gasteiger partial charge is 0.480 e. The quantitative estimate of drug-likeness (QED) is 0.0146. The zero-order chi connectivity index (χ0) is 75.1. The molecular weight excluding hydrogens is 1310 g/mol. The summed E-state index contributed by atoms with van der Waals surface area (Å²) in [5, 5.41) is 37.8. The van der Waals surface area contributed by atoms with Crippen LogP contribution in [-0.2, 0) is 62.4 Å². The van der Waals surface area contributed by atoms with E-state index in [1.165, 1.54) is 0 Å². The molecule has 0 saturated heterocycles. The number of nitrogens with two attached hydrogens (primary N) is 8. The first-order valence-electron chi connectivity index (χ1n) is 34.9. The predicted octanol–water partition coefficient (Wildman–Crippen LogP) is 1.46. The summed E-state index contributed by atoms with van der Waals surface area (Å²) in [7, 11) is 0. The van der Waals surface area contributed by atoms with Gasteiger partial charge in [-0.1, -0.05) is 162 Å². The van der Waals surface area contributed by atoms with E-state index in [9.17, 15) is 33.9 Å². The first-order chi connectivity index (χ1) is 49.2. The van der Waals surface area contributed by atoms with Crippen LogP contribution in [0.2, 0.25) is 0 Å². The third-order valence-corrected chi connectivity index (χ3v) is 17.8. The number of carboxylic acids is 1. The summed E-state index contributed by atoms with van der Waals surface area (Å²) < 4.78 is 0. The van der Waals surface area contributed by atoms with Crippen molar-refractivity contribution in [3.8, 4) is 0 Å². The van der Waals surface area contributed by atoms with Gasteiger partial charge in [0, 0.05) is 38.9 Å². The van der Waals surface area contributed by atoms with E-state index in [4.69, 9.17) is 45.9 Å². The van der Waals surface area contributed by atoms with Crippen LogP contribution in [-0.4, -0.2) is 157 Å². The molecule has 29 nitrogen and oxygen atoms in total. The van der Waals surface area contributed by atoms with Crippen molar-refractivity contribution in [2.75, 3.05) is 26.2 Å². The molecule has 0 radical (unpaired) electrons. The molecule has 8 amide bonds. The SMILES string of the molecule is CC[C@H](C)[C@H](N)C(=O)N[C@@H](Cc1ccc2ccccc2c1)C(=O)N[C@@H](CCCN=C(N)N)C(=O)N[C@H](C(=O)N[C@@H](Cc1ccc2ccccc2c1)C(=O)N[C@@H](CCCN=C(N)N)C(=O)N[C@@H](CCCN=C(N)N)C(=O)N[C@@H](Cc1ccc2ccccc2c1)C(=O)N[C@@H](CCCCN)C(=O)O)C(C)C. The number of unbranched alkanes of at least 4 members (excludes halogenated alkanes) is 1. The van der Waals surface area contributed by atoms with Gasteiger partial charge in [-0.05, 0) is 125 Å². The molecule has 10 atom stereocenters. The number of carbonyl (C=O) groups excluding carboxylic acids is 8. The van der Waals surface area contributed by atoms with Crippen molar-refractivity contribution in [2.45, 2.75) is 166 Å². The van der Waals surface area contributed by atoms with Gasteiger partial charge in [0.1, 0.15) is 48.3 Å². The molecule has 103 heavy (non-hydrogen) atoms. The Labute approximate surface area is 600 Å². The number of amides is 8. The summed E-state index contributed by atoms with van der Waals surface area (Å²) in [4.78, 5) is 143. The molecule has 0 spiro atoms. The van der Waals surface area contributed by atoms with Gasteiger partial charge in [-0.2, -0.15) is 0 Å². The molecular formula is C74H103N19O10. The van der Waals surface area contributed by atoms with E-state index in [2.05, 4.69) is 57.5 Å². The Morgan fingerprint density at radius 3 is 1.01 bits per heavy atom. The summed E-state index contributed by atoms with van der Waals surface area (Å²) >= 11 is 0. The Morgan fingerprint density at radius 1 is 0.379 bits per heavy atom. The molecule has 0 saturated carbocycles. The van der Waals surface area contributed by atoms with Crippen LogP contribution in [0.5, 0.6) is 0 Å². The summed E-state index contributed by atoms with van der Waals surface area (Å²) in [6, 6.07) is 27.2. The van der Waals surface area contributed by atoms with Gasteiger partial charge in [0.05, 0.1) is 6.04 Å².